The monoisotopic (exact) mass is 218 g/mol. The lowest BCUT2D eigenvalue weighted by atomic mass is 10.1. The molecule has 0 bridgehead atoms. The molecule has 3 heteroatoms. The van der Waals surface area contributed by atoms with Crippen molar-refractivity contribution in [1.29, 1.82) is 0 Å². The van der Waals surface area contributed by atoms with Crippen LogP contribution in [0, 0.1) is 0 Å². The number of fused-ring (bicyclic) bond motifs is 1. The van der Waals surface area contributed by atoms with Crippen LogP contribution in [0.15, 0.2) is 30.5 Å². The Balaban J connectivity index is 2.29. The molecular formula is C13H18N2O. The van der Waals surface area contributed by atoms with Crippen molar-refractivity contribution < 1.29 is 5.11 Å². The number of aliphatic hydroxyl groups is 1. The molecule has 0 radical (unpaired) electrons. The number of aryl methyl sites for hydroxylation is 1. The summed E-state index contributed by atoms with van der Waals surface area (Å²) in [6.07, 6.45) is 2.75. The standard InChI is InChI=1S/C13H18N2O/c1-13(2,16)7-9-15-8-6-10-11(14)4-3-5-12(10)15/h3-6,8,16H,7,9,14H2,1-2H3. The first-order chi connectivity index (χ1) is 7.47. The quantitative estimate of drug-likeness (QED) is 0.777. The number of nitrogens with two attached hydrogens (primary N) is 1. The molecule has 0 aliphatic rings. The third kappa shape index (κ3) is 2.19. The number of nitrogens with zero attached hydrogens (tertiary/aromatic N) is 1. The summed E-state index contributed by atoms with van der Waals surface area (Å²) in [6.45, 7) is 4.45. The van der Waals surface area contributed by atoms with Crippen molar-refractivity contribution in [1.82, 2.24) is 4.57 Å². The van der Waals surface area contributed by atoms with E-state index in [4.69, 9.17) is 5.73 Å². The normalized spacial score (nSPS) is 12.2. The Bertz CT molecular complexity index is 494. The predicted molar refractivity (Wildman–Crippen MR) is 67.3 cm³/mol. The van der Waals surface area contributed by atoms with E-state index in [1.807, 2.05) is 38.2 Å². The van der Waals surface area contributed by atoms with E-state index in [1.165, 1.54) is 0 Å². The molecule has 3 N–H and O–H groups in total. The van der Waals surface area contributed by atoms with Crippen molar-refractivity contribution in [2.45, 2.75) is 32.4 Å². The molecule has 1 aromatic heterocycles. The zero-order chi connectivity index (χ0) is 11.8. The molecule has 0 atom stereocenters. The van der Waals surface area contributed by atoms with Crippen LogP contribution in [0.5, 0.6) is 0 Å². The highest BCUT2D eigenvalue weighted by Gasteiger charge is 2.13. The summed E-state index contributed by atoms with van der Waals surface area (Å²) in [5.41, 5.74) is 7.19. The second-order valence-electron chi connectivity index (χ2n) is 4.85. The zero-order valence-electron chi connectivity index (χ0n) is 9.77. The average Bonchev–Trinajstić information content (AvgIpc) is 2.58. The number of nitrogen functional groups attached to an aromatic ring is 1. The maximum absolute atomic E-state index is 9.71. The molecule has 86 valence electrons. The van der Waals surface area contributed by atoms with Crippen LogP contribution in [0.25, 0.3) is 10.9 Å². The van der Waals surface area contributed by atoms with Gasteiger partial charge in [0.1, 0.15) is 0 Å². The molecular weight excluding hydrogens is 200 g/mol. The Labute approximate surface area is 95.5 Å². The summed E-state index contributed by atoms with van der Waals surface area (Å²) in [5.74, 6) is 0. The maximum Gasteiger partial charge on any atom is 0.0608 e. The molecule has 16 heavy (non-hydrogen) atoms. The lowest BCUT2D eigenvalue weighted by Crippen LogP contribution is -2.20. The Morgan fingerprint density at radius 2 is 2.06 bits per heavy atom. The highest BCUT2D eigenvalue weighted by atomic mass is 16.3. The first-order valence-corrected chi connectivity index (χ1v) is 5.53. The van der Waals surface area contributed by atoms with E-state index in [-0.39, 0.29) is 0 Å². The van der Waals surface area contributed by atoms with Crippen LogP contribution in [0.2, 0.25) is 0 Å². The van der Waals surface area contributed by atoms with E-state index in [2.05, 4.69) is 10.6 Å². The summed E-state index contributed by atoms with van der Waals surface area (Å²) < 4.78 is 2.13. The number of anilines is 1. The van der Waals surface area contributed by atoms with Gasteiger partial charge in [-0.05, 0) is 38.5 Å². The molecule has 0 fully saturated rings. The van der Waals surface area contributed by atoms with Gasteiger partial charge in [-0.25, -0.2) is 0 Å². The van der Waals surface area contributed by atoms with Gasteiger partial charge in [0.25, 0.3) is 0 Å². The Hall–Kier alpha value is -1.48. The molecule has 0 amide bonds. The number of benzene rings is 1. The lowest BCUT2D eigenvalue weighted by Gasteiger charge is -2.17. The molecule has 1 heterocycles. The summed E-state index contributed by atoms with van der Waals surface area (Å²) in [5, 5.41) is 10.8. The van der Waals surface area contributed by atoms with Crippen LogP contribution < -0.4 is 5.73 Å². The minimum absolute atomic E-state index is 0.628. The molecule has 0 aliphatic carbocycles. The number of aromatic nitrogens is 1. The molecule has 0 aliphatic heterocycles. The first kappa shape index (κ1) is 11.0. The van der Waals surface area contributed by atoms with Crippen molar-refractivity contribution in [3.05, 3.63) is 30.5 Å². The van der Waals surface area contributed by atoms with Gasteiger partial charge >= 0.3 is 0 Å². The van der Waals surface area contributed by atoms with E-state index in [9.17, 15) is 5.11 Å². The Kier molecular flexibility index (Phi) is 2.64. The average molecular weight is 218 g/mol. The summed E-state index contributed by atoms with van der Waals surface area (Å²) >= 11 is 0. The molecule has 3 nitrogen and oxygen atoms in total. The Morgan fingerprint density at radius 3 is 2.75 bits per heavy atom. The predicted octanol–water partition coefficient (Wildman–Crippen LogP) is 2.38. The van der Waals surface area contributed by atoms with E-state index in [1.54, 1.807) is 0 Å². The highest BCUT2D eigenvalue weighted by Crippen LogP contribution is 2.22. The van der Waals surface area contributed by atoms with Gasteiger partial charge in [0.2, 0.25) is 0 Å². The zero-order valence-corrected chi connectivity index (χ0v) is 9.77. The fraction of sp³-hybridized carbons (Fsp3) is 0.385. The topological polar surface area (TPSA) is 51.2 Å². The van der Waals surface area contributed by atoms with Gasteiger partial charge in [-0.15, -0.1) is 0 Å². The molecule has 2 aromatic rings. The van der Waals surface area contributed by atoms with Gasteiger partial charge in [0.15, 0.2) is 0 Å². The van der Waals surface area contributed by atoms with Crippen molar-refractivity contribution >= 4 is 16.6 Å². The third-order valence-electron chi connectivity index (χ3n) is 2.81. The van der Waals surface area contributed by atoms with Crippen molar-refractivity contribution in [3.63, 3.8) is 0 Å². The largest absolute Gasteiger partial charge is 0.398 e. The van der Waals surface area contributed by atoms with Crippen LogP contribution in [0.4, 0.5) is 5.69 Å². The molecule has 0 saturated carbocycles. The van der Waals surface area contributed by atoms with Gasteiger partial charge in [-0.3, -0.25) is 0 Å². The van der Waals surface area contributed by atoms with Crippen molar-refractivity contribution in [3.8, 4) is 0 Å². The Morgan fingerprint density at radius 1 is 1.31 bits per heavy atom. The second kappa shape index (κ2) is 3.83. The molecule has 1 aromatic carbocycles. The maximum atomic E-state index is 9.71. The molecule has 0 spiro atoms. The molecule has 0 unspecified atom stereocenters. The summed E-state index contributed by atoms with van der Waals surface area (Å²) in [7, 11) is 0. The van der Waals surface area contributed by atoms with Gasteiger partial charge in [-0.1, -0.05) is 6.07 Å². The van der Waals surface area contributed by atoms with Crippen molar-refractivity contribution in [2.24, 2.45) is 0 Å². The van der Waals surface area contributed by atoms with E-state index in [0.29, 0.717) is 0 Å². The van der Waals surface area contributed by atoms with E-state index < -0.39 is 5.60 Å². The minimum atomic E-state index is -0.628. The van der Waals surface area contributed by atoms with E-state index >= 15 is 0 Å². The highest BCUT2D eigenvalue weighted by molar-refractivity contribution is 5.91. The van der Waals surface area contributed by atoms with Crippen LogP contribution in [0.3, 0.4) is 0 Å². The first-order valence-electron chi connectivity index (χ1n) is 5.53. The fourth-order valence-electron chi connectivity index (χ4n) is 1.84. The minimum Gasteiger partial charge on any atom is -0.398 e. The third-order valence-corrected chi connectivity index (χ3v) is 2.81. The van der Waals surface area contributed by atoms with Crippen LogP contribution in [-0.4, -0.2) is 15.3 Å². The molecule has 0 saturated heterocycles. The van der Waals surface area contributed by atoms with Crippen molar-refractivity contribution in [2.75, 3.05) is 5.73 Å². The second-order valence-corrected chi connectivity index (χ2v) is 4.85. The lowest BCUT2D eigenvalue weighted by molar-refractivity contribution is 0.0666. The van der Waals surface area contributed by atoms with Gasteiger partial charge in [0.05, 0.1) is 11.1 Å². The number of rotatable bonds is 3. The van der Waals surface area contributed by atoms with Crippen LogP contribution in [-0.2, 0) is 6.54 Å². The van der Waals surface area contributed by atoms with Crippen LogP contribution >= 0.6 is 0 Å². The summed E-state index contributed by atoms with van der Waals surface area (Å²) in [6, 6.07) is 7.94. The number of hydrogen-bond donors (Lipinski definition) is 2. The molecule has 2 rings (SSSR count). The summed E-state index contributed by atoms with van der Waals surface area (Å²) in [4.78, 5) is 0. The van der Waals surface area contributed by atoms with Gasteiger partial charge in [-0.2, -0.15) is 0 Å². The smallest absolute Gasteiger partial charge is 0.0608 e. The van der Waals surface area contributed by atoms with Crippen LogP contribution in [0.1, 0.15) is 20.3 Å². The van der Waals surface area contributed by atoms with Gasteiger partial charge in [0, 0.05) is 23.8 Å². The fourth-order valence-corrected chi connectivity index (χ4v) is 1.84. The number of hydrogen-bond acceptors (Lipinski definition) is 2. The van der Waals surface area contributed by atoms with E-state index in [0.717, 1.165) is 29.6 Å². The van der Waals surface area contributed by atoms with Gasteiger partial charge < -0.3 is 15.4 Å². The SMILES string of the molecule is CC(C)(O)CCn1ccc2c(N)cccc21.